The molecular weight excluding hydrogens is 290 g/mol. The van der Waals surface area contributed by atoms with Crippen molar-refractivity contribution in [3.8, 4) is 11.5 Å². The molecule has 4 heteroatoms. The SMILES string of the molecule is COc1ccc(OC)c(NC(=O)C2CCC(C(C)(C)C)CC2)c1. The molecule has 0 saturated heterocycles. The summed E-state index contributed by atoms with van der Waals surface area (Å²) < 4.78 is 10.6. The average Bonchev–Trinajstić information content (AvgIpc) is 2.54. The molecular formula is C19H29NO3. The van der Waals surface area contributed by atoms with Crippen molar-refractivity contribution in [1.82, 2.24) is 0 Å². The van der Waals surface area contributed by atoms with Crippen molar-refractivity contribution in [2.45, 2.75) is 46.5 Å². The maximum absolute atomic E-state index is 12.6. The number of hydrogen-bond donors (Lipinski definition) is 1. The number of hydrogen-bond acceptors (Lipinski definition) is 3. The van der Waals surface area contributed by atoms with Crippen LogP contribution in [-0.2, 0) is 4.79 Å². The van der Waals surface area contributed by atoms with Gasteiger partial charge in [-0.15, -0.1) is 0 Å². The number of carbonyl (C=O) groups is 1. The van der Waals surface area contributed by atoms with E-state index in [0.717, 1.165) is 25.7 Å². The number of nitrogens with one attached hydrogen (secondary N) is 1. The normalized spacial score (nSPS) is 21.6. The van der Waals surface area contributed by atoms with Crippen LogP contribution in [0.1, 0.15) is 46.5 Å². The third-order valence-electron chi connectivity index (χ3n) is 4.99. The van der Waals surface area contributed by atoms with E-state index in [1.807, 2.05) is 12.1 Å². The van der Waals surface area contributed by atoms with Gasteiger partial charge in [0.25, 0.3) is 0 Å². The fourth-order valence-corrected chi connectivity index (χ4v) is 3.37. The topological polar surface area (TPSA) is 47.6 Å². The fraction of sp³-hybridized carbons (Fsp3) is 0.632. The number of benzene rings is 1. The largest absolute Gasteiger partial charge is 0.497 e. The van der Waals surface area contributed by atoms with Gasteiger partial charge in [0.15, 0.2) is 0 Å². The molecule has 23 heavy (non-hydrogen) atoms. The van der Waals surface area contributed by atoms with E-state index in [1.165, 1.54) is 0 Å². The lowest BCUT2D eigenvalue weighted by Gasteiger charge is -2.36. The number of methoxy groups -OCH3 is 2. The zero-order chi connectivity index (χ0) is 17.0. The second kappa shape index (κ2) is 7.24. The van der Waals surface area contributed by atoms with Crippen LogP contribution in [0.2, 0.25) is 0 Å². The summed E-state index contributed by atoms with van der Waals surface area (Å²) in [5.41, 5.74) is 1.01. The third kappa shape index (κ3) is 4.40. The highest BCUT2D eigenvalue weighted by atomic mass is 16.5. The van der Waals surface area contributed by atoms with E-state index in [-0.39, 0.29) is 11.8 Å². The molecule has 1 amide bonds. The highest BCUT2D eigenvalue weighted by Crippen LogP contribution is 2.40. The molecule has 0 unspecified atom stereocenters. The van der Waals surface area contributed by atoms with Crippen molar-refractivity contribution in [2.75, 3.05) is 19.5 Å². The van der Waals surface area contributed by atoms with Crippen LogP contribution in [0.5, 0.6) is 11.5 Å². The van der Waals surface area contributed by atoms with Gasteiger partial charge in [-0.3, -0.25) is 4.79 Å². The van der Waals surface area contributed by atoms with Crippen LogP contribution in [0.15, 0.2) is 18.2 Å². The van der Waals surface area contributed by atoms with Crippen molar-refractivity contribution in [3.05, 3.63) is 18.2 Å². The molecule has 1 aliphatic rings. The van der Waals surface area contributed by atoms with Crippen LogP contribution in [0.4, 0.5) is 5.69 Å². The number of amides is 1. The molecule has 4 nitrogen and oxygen atoms in total. The Morgan fingerprint density at radius 2 is 1.74 bits per heavy atom. The van der Waals surface area contributed by atoms with Gasteiger partial charge in [0.1, 0.15) is 11.5 Å². The monoisotopic (exact) mass is 319 g/mol. The van der Waals surface area contributed by atoms with Gasteiger partial charge in [-0.25, -0.2) is 0 Å². The highest BCUT2D eigenvalue weighted by Gasteiger charge is 2.32. The molecule has 0 atom stereocenters. The van der Waals surface area contributed by atoms with Crippen LogP contribution in [-0.4, -0.2) is 20.1 Å². The Labute approximate surface area is 139 Å². The summed E-state index contributed by atoms with van der Waals surface area (Å²) in [5, 5.41) is 3.02. The van der Waals surface area contributed by atoms with Gasteiger partial charge in [0.05, 0.1) is 19.9 Å². The lowest BCUT2D eigenvalue weighted by molar-refractivity contribution is -0.121. The Morgan fingerprint density at radius 3 is 2.26 bits per heavy atom. The van der Waals surface area contributed by atoms with E-state index >= 15 is 0 Å². The molecule has 128 valence electrons. The molecule has 2 rings (SSSR count). The van der Waals surface area contributed by atoms with Gasteiger partial charge in [0.2, 0.25) is 5.91 Å². The van der Waals surface area contributed by atoms with Gasteiger partial charge in [0, 0.05) is 12.0 Å². The minimum atomic E-state index is 0.0870. The first-order chi connectivity index (χ1) is 10.8. The maximum atomic E-state index is 12.6. The van der Waals surface area contributed by atoms with E-state index in [9.17, 15) is 4.79 Å². The van der Waals surface area contributed by atoms with Crippen LogP contribution >= 0.6 is 0 Å². The predicted octanol–water partition coefficient (Wildman–Crippen LogP) is 4.49. The molecule has 0 heterocycles. The van der Waals surface area contributed by atoms with Crippen LogP contribution in [0.3, 0.4) is 0 Å². The minimum Gasteiger partial charge on any atom is -0.497 e. The zero-order valence-electron chi connectivity index (χ0n) is 14.9. The summed E-state index contributed by atoms with van der Waals surface area (Å²) in [7, 11) is 3.22. The molecule has 1 N–H and O–H groups in total. The number of anilines is 1. The van der Waals surface area contributed by atoms with Crippen molar-refractivity contribution in [1.29, 1.82) is 0 Å². The molecule has 0 bridgehead atoms. The number of carbonyl (C=O) groups excluding carboxylic acids is 1. The Kier molecular flexibility index (Phi) is 5.55. The maximum Gasteiger partial charge on any atom is 0.227 e. The van der Waals surface area contributed by atoms with Crippen LogP contribution < -0.4 is 14.8 Å². The number of ether oxygens (including phenoxy) is 2. The average molecular weight is 319 g/mol. The Balaban J connectivity index is 2.00. The summed E-state index contributed by atoms with van der Waals surface area (Å²) in [6, 6.07) is 5.44. The van der Waals surface area contributed by atoms with E-state index in [0.29, 0.717) is 28.5 Å². The minimum absolute atomic E-state index is 0.0870. The van der Waals surface area contributed by atoms with E-state index in [4.69, 9.17) is 9.47 Å². The molecule has 1 aromatic carbocycles. The fourth-order valence-electron chi connectivity index (χ4n) is 3.37. The van der Waals surface area contributed by atoms with Crippen molar-refractivity contribution < 1.29 is 14.3 Å². The Hall–Kier alpha value is -1.71. The van der Waals surface area contributed by atoms with Crippen LogP contribution in [0, 0.1) is 17.3 Å². The molecule has 0 aromatic heterocycles. The third-order valence-corrected chi connectivity index (χ3v) is 4.99. The van der Waals surface area contributed by atoms with Gasteiger partial charge in [-0.2, -0.15) is 0 Å². The van der Waals surface area contributed by atoms with Gasteiger partial charge in [-0.05, 0) is 49.1 Å². The lowest BCUT2D eigenvalue weighted by Crippen LogP contribution is -2.31. The van der Waals surface area contributed by atoms with Gasteiger partial charge >= 0.3 is 0 Å². The summed E-state index contributed by atoms with van der Waals surface area (Å²) in [4.78, 5) is 12.6. The lowest BCUT2D eigenvalue weighted by atomic mass is 9.69. The first-order valence-corrected chi connectivity index (χ1v) is 8.38. The molecule has 1 saturated carbocycles. The standard InChI is InChI=1S/C19H29NO3/c1-19(2,3)14-8-6-13(7-9-14)18(21)20-16-12-15(22-4)10-11-17(16)23-5/h10-14H,6-9H2,1-5H3,(H,20,21). The first kappa shape index (κ1) is 17.6. The molecule has 0 spiro atoms. The smallest absolute Gasteiger partial charge is 0.227 e. The van der Waals surface area contributed by atoms with Gasteiger partial charge < -0.3 is 14.8 Å². The molecule has 1 fully saturated rings. The second-order valence-corrected chi connectivity index (χ2v) is 7.47. The number of rotatable bonds is 4. The second-order valence-electron chi connectivity index (χ2n) is 7.47. The Bertz CT molecular complexity index is 540. The highest BCUT2D eigenvalue weighted by molar-refractivity contribution is 5.94. The van der Waals surface area contributed by atoms with Gasteiger partial charge in [-0.1, -0.05) is 20.8 Å². The molecule has 0 radical (unpaired) electrons. The van der Waals surface area contributed by atoms with E-state index < -0.39 is 0 Å². The summed E-state index contributed by atoms with van der Waals surface area (Å²) in [6.45, 7) is 6.87. The van der Waals surface area contributed by atoms with Crippen LogP contribution in [0.25, 0.3) is 0 Å². The zero-order valence-corrected chi connectivity index (χ0v) is 14.9. The quantitative estimate of drug-likeness (QED) is 0.889. The predicted molar refractivity (Wildman–Crippen MR) is 93.1 cm³/mol. The summed E-state index contributed by atoms with van der Waals surface area (Å²) >= 11 is 0. The van der Waals surface area contributed by atoms with Crippen molar-refractivity contribution >= 4 is 11.6 Å². The van der Waals surface area contributed by atoms with Crippen molar-refractivity contribution in [3.63, 3.8) is 0 Å². The summed E-state index contributed by atoms with van der Waals surface area (Å²) in [5.74, 6) is 2.24. The Morgan fingerprint density at radius 1 is 1.09 bits per heavy atom. The molecule has 1 aromatic rings. The summed E-state index contributed by atoms with van der Waals surface area (Å²) in [6.07, 6.45) is 4.16. The van der Waals surface area contributed by atoms with E-state index in [2.05, 4.69) is 26.1 Å². The van der Waals surface area contributed by atoms with E-state index in [1.54, 1.807) is 20.3 Å². The molecule has 0 aliphatic heterocycles. The first-order valence-electron chi connectivity index (χ1n) is 8.38. The molecule has 1 aliphatic carbocycles. The van der Waals surface area contributed by atoms with Crippen molar-refractivity contribution in [2.24, 2.45) is 17.3 Å².